The molecule has 0 bridgehead atoms. The Morgan fingerprint density at radius 2 is 1.07 bits per heavy atom. The zero-order valence-electron chi connectivity index (χ0n) is 24.9. The Kier molecular flexibility index (Phi) is 5.22. The second kappa shape index (κ2) is 9.29. The van der Waals surface area contributed by atoms with Gasteiger partial charge in [-0.05, 0) is 99.5 Å². The molecule has 46 heavy (non-hydrogen) atoms. The van der Waals surface area contributed by atoms with Gasteiger partial charge in [-0.2, -0.15) is 0 Å². The van der Waals surface area contributed by atoms with Crippen LogP contribution in [0.3, 0.4) is 0 Å². The Bertz CT molecular complexity index is 2660. The number of rotatable bonds is 2. The van der Waals surface area contributed by atoms with E-state index in [1.807, 2.05) is 24.3 Å². The van der Waals surface area contributed by atoms with E-state index in [1.54, 1.807) is 18.2 Å². The summed E-state index contributed by atoms with van der Waals surface area (Å²) in [5.41, 5.74) is 12.8. The topological polar surface area (TPSA) is 39.1 Å². The quantitative estimate of drug-likeness (QED) is 0.196. The van der Waals surface area contributed by atoms with Gasteiger partial charge in [0.1, 0.15) is 0 Å². The van der Waals surface area contributed by atoms with Crippen molar-refractivity contribution in [2.75, 3.05) is 0 Å². The third-order valence-electron chi connectivity index (χ3n) is 10.0. The van der Waals surface area contributed by atoms with E-state index in [-0.39, 0.29) is 0 Å². The summed E-state index contributed by atoms with van der Waals surface area (Å²) < 4.78 is 28.6. The van der Waals surface area contributed by atoms with Crippen LogP contribution in [0.4, 0.5) is 0 Å². The van der Waals surface area contributed by atoms with Crippen molar-refractivity contribution in [2.24, 2.45) is 0 Å². The summed E-state index contributed by atoms with van der Waals surface area (Å²) >= 11 is 0. The maximum absolute atomic E-state index is 13.1. The number of sulfone groups is 1. The molecule has 1 aliphatic carbocycles. The molecule has 0 unspecified atom stereocenters. The van der Waals surface area contributed by atoms with E-state index in [1.165, 1.54) is 60.5 Å². The second-order valence-electron chi connectivity index (χ2n) is 12.6. The molecule has 0 radical (unpaired) electrons. The molecule has 0 fully saturated rings. The van der Waals surface area contributed by atoms with Crippen molar-refractivity contribution in [3.63, 3.8) is 0 Å². The van der Waals surface area contributed by atoms with E-state index in [9.17, 15) is 8.42 Å². The Morgan fingerprint density at radius 3 is 1.87 bits per heavy atom. The van der Waals surface area contributed by atoms with Crippen molar-refractivity contribution < 1.29 is 8.42 Å². The van der Waals surface area contributed by atoms with E-state index in [0.29, 0.717) is 9.79 Å². The molecule has 0 spiro atoms. The Morgan fingerprint density at radius 1 is 0.457 bits per heavy atom. The van der Waals surface area contributed by atoms with Gasteiger partial charge in [0.2, 0.25) is 9.84 Å². The molecular formula is C42H27NO2S. The maximum atomic E-state index is 13.1. The van der Waals surface area contributed by atoms with Crippen LogP contribution in [0, 0.1) is 0 Å². The fourth-order valence-corrected chi connectivity index (χ4v) is 9.47. The highest BCUT2D eigenvalue weighted by Crippen LogP contribution is 2.45. The van der Waals surface area contributed by atoms with Crippen LogP contribution in [-0.4, -0.2) is 13.0 Å². The van der Waals surface area contributed by atoms with Gasteiger partial charge in [-0.1, -0.05) is 97.1 Å². The van der Waals surface area contributed by atoms with Crippen LogP contribution >= 0.6 is 0 Å². The third-order valence-corrected chi connectivity index (χ3v) is 11.9. The standard InChI is InChI=1S/C42H27NO2S/c44-46(45)41-12-6-3-9-37(41)38-25-29(16-18-42(38)46)26-13-14-27-20-32-23-33-24-34(17-15-28(33)21-31(32)22-30(27)19-26)43-39-10-4-1-7-35(39)36-8-2-5-11-40(36)43/h1-19,21,23-25H,20,22H2. The molecule has 1 aromatic heterocycles. The Hall–Kier alpha value is -5.45. The molecule has 2 heterocycles. The number of fused-ring (bicyclic) bond motifs is 9. The molecule has 3 nitrogen and oxygen atoms in total. The highest BCUT2D eigenvalue weighted by Gasteiger charge is 2.32. The minimum absolute atomic E-state index is 0.400. The first-order chi connectivity index (χ1) is 22.5. The molecule has 1 aliphatic heterocycles. The van der Waals surface area contributed by atoms with Crippen LogP contribution in [0.1, 0.15) is 22.3 Å². The van der Waals surface area contributed by atoms with E-state index in [4.69, 9.17) is 0 Å². The molecule has 0 N–H and O–H groups in total. The number of nitrogens with zero attached hydrogens (tertiary/aromatic N) is 1. The van der Waals surface area contributed by atoms with Gasteiger partial charge in [0.15, 0.2) is 0 Å². The van der Waals surface area contributed by atoms with Gasteiger partial charge in [-0.25, -0.2) is 8.42 Å². The van der Waals surface area contributed by atoms with Crippen LogP contribution in [0.25, 0.3) is 60.5 Å². The number of aromatic nitrogens is 1. The first kappa shape index (κ1) is 25.8. The average molecular weight is 610 g/mol. The molecule has 10 rings (SSSR count). The van der Waals surface area contributed by atoms with Gasteiger partial charge in [0, 0.05) is 27.6 Å². The van der Waals surface area contributed by atoms with Crippen LogP contribution in [0.5, 0.6) is 0 Å². The van der Waals surface area contributed by atoms with E-state index >= 15 is 0 Å². The molecule has 8 aromatic rings. The number of hydrogen-bond acceptors (Lipinski definition) is 2. The molecule has 4 heteroatoms. The normalized spacial score (nSPS) is 14.3. The molecule has 0 atom stereocenters. The third kappa shape index (κ3) is 3.62. The largest absolute Gasteiger partial charge is 0.309 e. The SMILES string of the molecule is O=S1(=O)c2ccccc2-c2cc(-c3ccc4c(c3)Cc3cc5ccc(-n6c7ccccc7c7ccccc76)cc5cc3C4)ccc21. The van der Waals surface area contributed by atoms with E-state index < -0.39 is 9.84 Å². The Labute approximate surface area is 266 Å². The highest BCUT2D eigenvalue weighted by atomic mass is 32.2. The first-order valence-corrected chi connectivity index (χ1v) is 17.2. The average Bonchev–Trinajstić information content (AvgIpc) is 3.54. The summed E-state index contributed by atoms with van der Waals surface area (Å²) in [6, 6.07) is 48.7. The van der Waals surface area contributed by atoms with Crippen LogP contribution < -0.4 is 0 Å². The maximum Gasteiger partial charge on any atom is 0.207 e. The lowest BCUT2D eigenvalue weighted by Gasteiger charge is -2.22. The fourth-order valence-electron chi connectivity index (χ4n) is 7.80. The lowest BCUT2D eigenvalue weighted by Crippen LogP contribution is -2.07. The smallest absolute Gasteiger partial charge is 0.207 e. The minimum Gasteiger partial charge on any atom is -0.309 e. The van der Waals surface area contributed by atoms with Gasteiger partial charge in [0.05, 0.1) is 20.8 Å². The van der Waals surface area contributed by atoms with Gasteiger partial charge < -0.3 is 4.57 Å². The van der Waals surface area contributed by atoms with Crippen LogP contribution in [0.2, 0.25) is 0 Å². The monoisotopic (exact) mass is 609 g/mol. The van der Waals surface area contributed by atoms with E-state index in [0.717, 1.165) is 35.1 Å². The summed E-state index contributed by atoms with van der Waals surface area (Å²) in [5.74, 6) is 0. The van der Waals surface area contributed by atoms with Crippen molar-refractivity contribution >= 4 is 42.4 Å². The van der Waals surface area contributed by atoms with Crippen molar-refractivity contribution in [1.29, 1.82) is 0 Å². The summed E-state index contributed by atoms with van der Waals surface area (Å²) in [6.45, 7) is 0. The molecule has 0 amide bonds. The first-order valence-electron chi connectivity index (χ1n) is 15.7. The summed E-state index contributed by atoms with van der Waals surface area (Å²) in [6.07, 6.45) is 1.78. The number of hydrogen-bond donors (Lipinski definition) is 0. The van der Waals surface area contributed by atoms with Gasteiger partial charge in [-0.15, -0.1) is 0 Å². The predicted octanol–water partition coefficient (Wildman–Crippen LogP) is 9.91. The van der Waals surface area contributed by atoms with Gasteiger partial charge >= 0.3 is 0 Å². The minimum atomic E-state index is -3.47. The lowest BCUT2D eigenvalue weighted by atomic mass is 9.83. The fraction of sp³-hybridized carbons (Fsp3) is 0.0476. The zero-order chi connectivity index (χ0) is 30.6. The zero-order valence-corrected chi connectivity index (χ0v) is 25.7. The molecular weight excluding hydrogens is 583 g/mol. The van der Waals surface area contributed by atoms with Crippen LogP contribution in [-0.2, 0) is 22.7 Å². The van der Waals surface area contributed by atoms with Crippen molar-refractivity contribution in [2.45, 2.75) is 22.6 Å². The lowest BCUT2D eigenvalue weighted by molar-refractivity contribution is 0.598. The van der Waals surface area contributed by atoms with Crippen LogP contribution in [0.15, 0.2) is 149 Å². The Balaban J connectivity index is 1.02. The molecule has 0 saturated carbocycles. The molecule has 2 aliphatic rings. The number of benzene rings is 7. The number of para-hydroxylation sites is 2. The summed E-state index contributed by atoms with van der Waals surface area (Å²) in [4.78, 5) is 0.802. The molecule has 7 aromatic carbocycles. The van der Waals surface area contributed by atoms with Crippen molar-refractivity contribution in [1.82, 2.24) is 4.57 Å². The predicted molar refractivity (Wildman–Crippen MR) is 187 cm³/mol. The highest BCUT2D eigenvalue weighted by molar-refractivity contribution is 7.92. The van der Waals surface area contributed by atoms with Gasteiger partial charge in [0.25, 0.3) is 0 Å². The second-order valence-corrected chi connectivity index (χ2v) is 14.5. The van der Waals surface area contributed by atoms with Crippen molar-refractivity contribution in [3.05, 3.63) is 162 Å². The van der Waals surface area contributed by atoms with Crippen molar-refractivity contribution in [3.8, 4) is 27.9 Å². The summed E-state index contributed by atoms with van der Waals surface area (Å²) in [7, 11) is -3.47. The molecule has 0 saturated heterocycles. The molecule has 218 valence electrons. The van der Waals surface area contributed by atoms with Gasteiger partial charge in [-0.3, -0.25) is 0 Å². The van der Waals surface area contributed by atoms with E-state index in [2.05, 4.69) is 102 Å². The summed E-state index contributed by atoms with van der Waals surface area (Å²) in [5, 5.41) is 5.05.